The molecule has 2 aromatic rings. The van der Waals surface area contributed by atoms with Crippen LogP contribution >= 0.6 is 0 Å². The molecule has 1 aliphatic rings. The van der Waals surface area contributed by atoms with E-state index in [0.717, 1.165) is 25.7 Å². The van der Waals surface area contributed by atoms with Gasteiger partial charge in [-0.25, -0.2) is 0 Å². The third-order valence-corrected chi connectivity index (χ3v) is 4.33. The first-order chi connectivity index (χ1) is 10.7. The SMILES string of the molecule is O=C(Nc1cccc2c([N+](=O)[O-])cccc12)C1CCCCC1. The lowest BCUT2D eigenvalue weighted by molar-refractivity contribution is -0.383. The van der Waals surface area contributed by atoms with E-state index in [4.69, 9.17) is 0 Å². The van der Waals surface area contributed by atoms with Crippen molar-refractivity contribution in [3.05, 3.63) is 46.5 Å². The summed E-state index contributed by atoms with van der Waals surface area (Å²) in [6.45, 7) is 0. The predicted octanol–water partition coefficient (Wildman–Crippen LogP) is 4.27. The molecular weight excluding hydrogens is 280 g/mol. The number of hydrogen-bond donors (Lipinski definition) is 1. The van der Waals surface area contributed by atoms with Crippen LogP contribution in [0.2, 0.25) is 0 Å². The number of hydrogen-bond acceptors (Lipinski definition) is 3. The first-order valence-electron chi connectivity index (χ1n) is 7.64. The summed E-state index contributed by atoms with van der Waals surface area (Å²) in [7, 11) is 0. The molecule has 114 valence electrons. The van der Waals surface area contributed by atoms with Crippen molar-refractivity contribution in [3.63, 3.8) is 0 Å². The molecule has 1 fully saturated rings. The summed E-state index contributed by atoms with van der Waals surface area (Å²) in [6.07, 6.45) is 5.25. The summed E-state index contributed by atoms with van der Waals surface area (Å²) in [5, 5.41) is 15.3. The second-order valence-electron chi connectivity index (χ2n) is 5.76. The van der Waals surface area contributed by atoms with Crippen molar-refractivity contribution in [1.29, 1.82) is 0 Å². The lowest BCUT2D eigenvalue weighted by Crippen LogP contribution is -2.24. The molecule has 1 N–H and O–H groups in total. The fraction of sp³-hybridized carbons (Fsp3) is 0.353. The number of carbonyl (C=O) groups is 1. The second kappa shape index (κ2) is 6.13. The molecule has 22 heavy (non-hydrogen) atoms. The number of amides is 1. The molecule has 1 aliphatic carbocycles. The quantitative estimate of drug-likeness (QED) is 0.679. The van der Waals surface area contributed by atoms with Crippen LogP contribution in [0.3, 0.4) is 0 Å². The number of nitrogens with zero attached hydrogens (tertiary/aromatic N) is 1. The molecule has 0 saturated heterocycles. The molecule has 1 saturated carbocycles. The highest BCUT2D eigenvalue weighted by Gasteiger charge is 2.22. The van der Waals surface area contributed by atoms with Crippen molar-refractivity contribution < 1.29 is 9.72 Å². The van der Waals surface area contributed by atoms with Gasteiger partial charge in [-0.05, 0) is 25.0 Å². The van der Waals surface area contributed by atoms with E-state index >= 15 is 0 Å². The Bertz CT molecular complexity index is 721. The number of rotatable bonds is 3. The van der Waals surface area contributed by atoms with Gasteiger partial charge >= 0.3 is 0 Å². The predicted molar refractivity (Wildman–Crippen MR) is 85.8 cm³/mol. The van der Waals surface area contributed by atoms with Gasteiger partial charge in [-0.15, -0.1) is 0 Å². The van der Waals surface area contributed by atoms with Gasteiger partial charge in [0.2, 0.25) is 5.91 Å². The van der Waals surface area contributed by atoms with E-state index in [9.17, 15) is 14.9 Å². The van der Waals surface area contributed by atoms with Gasteiger partial charge in [-0.2, -0.15) is 0 Å². The number of fused-ring (bicyclic) bond motifs is 1. The Labute approximate surface area is 128 Å². The molecular formula is C17H18N2O3. The largest absolute Gasteiger partial charge is 0.325 e. The number of nitro benzene ring substituents is 1. The van der Waals surface area contributed by atoms with E-state index in [-0.39, 0.29) is 17.5 Å². The number of non-ortho nitro benzene ring substituents is 1. The van der Waals surface area contributed by atoms with Gasteiger partial charge in [0.25, 0.3) is 5.69 Å². The average molecular weight is 298 g/mol. The van der Waals surface area contributed by atoms with E-state index in [2.05, 4.69) is 5.32 Å². The Morgan fingerprint density at radius 1 is 1.05 bits per heavy atom. The Morgan fingerprint density at radius 3 is 2.45 bits per heavy atom. The Balaban J connectivity index is 1.92. The third-order valence-electron chi connectivity index (χ3n) is 4.33. The molecule has 2 aromatic carbocycles. The molecule has 0 aliphatic heterocycles. The molecule has 0 atom stereocenters. The summed E-state index contributed by atoms with van der Waals surface area (Å²) < 4.78 is 0. The number of carbonyl (C=O) groups excluding carboxylic acids is 1. The fourth-order valence-electron chi connectivity index (χ4n) is 3.16. The van der Waals surface area contributed by atoms with Crippen LogP contribution in [0, 0.1) is 16.0 Å². The van der Waals surface area contributed by atoms with Crippen molar-refractivity contribution in [2.24, 2.45) is 5.92 Å². The molecule has 5 heteroatoms. The van der Waals surface area contributed by atoms with Gasteiger partial charge in [0.15, 0.2) is 0 Å². The van der Waals surface area contributed by atoms with E-state index in [1.165, 1.54) is 12.5 Å². The highest BCUT2D eigenvalue weighted by atomic mass is 16.6. The smallest absolute Gasteiger partial charge is 0.277 e. The Morgan fingerprint density at radius 2 is 1.73 bits per heavy atom. The second-order valence-corrected chi connectivity index (χ2v) is 5.76. The number of benzene rings is 2. The van der Waals surface area contributed by atoms with Gasteiger partial charge in [0.1, 0.15) is 0 Å². The first kappa shape index (κ1) is 14.5. The summed E-state index contributed by atoms with van der Waals surface area (Å²) in [4.78, 5) is 23.1. The van der Waals surface area contributed by atoms with Crippen molar-refractivity contribution in [3.8, 4) is 0 Å². The number of anilines is 1. The molecule has 0 spiro atoms. The summed E-state index contributed by atoms with van der Waals surface area (Å²) in [6, 6.07) is 10.2. The molecule has 3 rings (SSSR count). The van der Waals surface area contributed by atoms with Crippen molar-refractivity contribution in [2.75, 3.05) is 5.32 Å². The van der Waals surface area contributed by atoms with Crippen LogP contribution in [0.15, 0.2) is 36.4 Å². The zero-order valence-electron chi connectivity index (χ0n) is 12.2. The van der Waals surface area contributed by atoms with Gasteiger partial charge in [0, 0.05) is 23.1 Å². The minimum Gasteiger partial charge on any atom is -0.325 e. The van der Waals surface area contributed by atoms with Crippen LogP contribution < -0.4 is 5.32 Å². The van der Waals surface area contributed by atoms with Crippen LogP contribution in [0.4, 0.5) is 11.4 Å². The maximum atomic E-state index is 12.4. The molecule has 0 unspecified atom stereocenters. The molecule has 0 aromatic heterocycles. The summed E-state index contributed by atoms with van der Waals surface area (Å²) in [5.41, 5.74) is 0.711. The van der Waals surface area contributed by atoms with Crippen molar-refractivity contribution in [1.82, 2.24) is 0 Å². The highest BCUT2D eigenvalue weighted by molar-refractivity contribution is 6.05. The van der Waals surface area contributed by atoms with E-state index in [1.54, 1.807) is 30.3 Å². The van der Waals surface area contributed by atoms with Gasteiger partial charge in [0.05, 0.1) is 10.3 Å². The minimum atomic E-state index is -0.394. The maximum absolute atomic E-state index is 12.4. The standard InChI is InChI=1S/C17H18N2O3/c20-17(12-6-2-1-3-7-12)18-15-10-4-9-14-13(15)8-5-11-16(14)19(21)22/h4-5,8-12H,1-3,6-7H2,(H,18,20). The zero-order chi connectivity index (χ0) is 15.5. The lowest BCUT2D eigenvalue weighted by Gasteiger charge is -2.21. The molecule has 0 bridgehead atoms. The molecule has 0 heterocycles. The Hall–Kier alpha value is -2.43. The zero-order valence-corrected chi connectivity index (χ0v) is 12.2. The average Bonchev–Trinajstić information content (AvgIpc) is 2.55. The third kappa shape index (κ3) is 2.79. The monoisotopic (exact) mass is 298 g/mol. The van der Waals surface area contributed by atoms with Crippen LogP contribution in [-0.4, -0.2) is 10.8 Å². The van der Waals surface area contributed by atoms with E-state index in [1.807, 2.05) is 0 Å². The lowest BCUT2D eigenvalue weighted by atomic mass is 9.88. The van der Waals surface area contributed by atoms with Crippen molar-refractivity contribution in [2.45, 2.75) is 32.1 Å². The van der Waals surface area contributed by atoms with Crippen LogP contribution in [0.5, 0.6) is 0 Å². The number of nitrogens with one attached hydrogen (secondary N) is 1. The maximum Gasteiger partial charge on any atom is 0.277 e. The van der Waals surface area contributed by atoms with E-state index < -0.39 is 4.92 Å². The van der Waals surface area contributed by atoms with Crippen LogP contribution in [-0.2, 0) is 4.79 Å². The van der Waals surface area contributed by atoms with Crippen LogP contribution in [0.25, 0.3) is 10.8 Å². The molecule has 0 radical (unpaired) electrons. The number of nitro groups is 1. The minimum absolute atomic E-state index is 0.0266. The van der Waals surface area contributed by atoms with Gasteiger partial charge in [-0.1, -0.05) is 37.5 Å². The van der Waals surface area contributed by atoms with Crippen LogP contribution in [0.1, 0.15) is 32.1 Å². The first-order valence-corrected chi connectivity index (χ1v) is 7.64. The summed E-state index contributed by atoms with van der Waals surface area (Å²) >= 11 is 0. The van der Waals surface area contributed by atoms with Gasteiger partial charge in [-0.3, -0.25) is 14.9 Å². The van der Waals surface area contributed by atoms with E-state index in [0.29, 0.717) is 16.5 Å². The highest BCUT2D eigenvalue weighted by Crippen LogP contribution is 2.31. The normalized spacial score (nSPS) is 15.6. The summed E-state index contributed by atoms with van der Waals surface area (Å²) in [5.74, 6) is 0.0846. The fourth-order valence-corrected chi connectivity index (χ4v) is 3.16. The van der Waals surface area contributed by atoms with Gasteiger partial charge < -0.3 is 5.32 Å². The Kier molecular flexibility index (Phi) is 4.04. The van der Waals surface area contributed by atoms with Crippen molar-refractivity contribution >= 4 is 28.1 Å². The molecule has 1 amide bonds. The molecule has 5 nitrogen and oxygen atoms in total. The topological polar surface area (TPSA) is 72.2 Å².